The molecule has 0 bridgehead atoms. The van der Waals surface area contributed by atoms with Gasteiger partial charge in [-0.2, -0.15) is 0 Å². The van der Waals surface area contributed by atoms with Crippen LogP contribution in [0, 0.1) is 11.8 Å². The predicted octanol–water partition coefficient (Wildman–Crippen LogP) is 1.48. The van der Waals surface area contributed by atoms with Gasteiger partial charge in [-0.05, 0) is 31.2 Å². The van der Waals surface area contributed by atoms with Crippen LogP contribution in [-0.4, -0.2) is 29.6 Å². The maximum atomic E-state index is 11.2. The van der Waals surface area contributed by atoms with E-state index in [1.165, 1.54) is 7.11 Å². The number of hydrogen-bond donors (Lipinski definition) is 1. The molecule has 0 atom stereocenters. The Labute approximate surface area is 101 Å². The molecule has 5 heteroatoms. The number of ether oxygens (including phenoxy) is 1. The van der Waals surface area contributed by atoms with Crippen LogP contribution in [0.5, 0.6) is 0 Å². The molecule has 5 nitrogen and oxygen atoms in total. The number of esters is 1. The Morgan fingerprint density at radius 3 is 2.82 bits per heavy atom. The fourth-order valence-electron chi connectivity index (χ4n) is 2.11. The minimum atomic E-state index is -0.0689. The van der Waals surface area contributed by atoms with E-state index < -0.39 is 0 Å². The standard InChI is InChI=1S/C12H17N3O2/c1-17-11(16)10-7-9(8-10)3-6-15-12-13-4-2-5-14-12/h2,4-5,9-10H,3,6-8H2,1H3,(H,13,14,15). The third-order valence-electron chi connectivity index (χ3n) is 3.17. The van der Waals surface area contributed by atoms with E-state index in [0.29, 0.717) is 11.9 Å². The van der Waals surface area contributed by atoms with E-state index in [2.05, 4.69) is 15.3 Å². The highest BCUT2D eigenvalue weighted by molar-refractivity contribution is 5.73. The average molecular weight is 235 g/mol. The van der Waals surface area contributed by atoms with Crippen molar-refractivity contribution in [3.8, 4) is 0 Å². The first-order chi connectivity index (χ1) is 8.29. The second-order valence-corrected chi connectivity index (χ2v) is 4.35. The van der Waals surface area contributed by atoms with Crippen LogP contribution in [0.1, 0.15) is 19.3 Å². The van der Waals surface area contributed by atoms with Gasteiger partial charge in [-0.1, -0.05) is 0 Å². The number of anilines is 1. The van der Waals surface area contributed by atoms with E-state index in [1.54, 1.807) is 18.5 Å². The van der Waals surface area contributed by atoms with Crippen molar-refractivity contribution in [2.45, 2.75) is 19.3 Å². The molecule has 17 heavy (non-hydrogen) atoms. The highest BCUT2D eigenvalue weighted by Gasteiger charge is 2.34. The number of nitrogens with zero attached hydrogens (tertiary/aromatic N) is 2. The lowest BCUT2D eigenvalue weighted by atomic mass is 9.73. The minimum Gasteiger partial charge on any atom is -0.469 e. The van der Waals surface area contributed by atoms with E-state index in [4.69, 9.17) is 4.74 Å². The lowest BCUT2D eigenvalue weighted by Gasteiger charge is -2.33. The van der Waals surface area contributed by atoms with Gasteiger partial charge in [0.05, 0.1) is 13.0 Å². The van der Waals surface area contributed by atoms with Crippen LogP contribution < -0.4 is 5.32 Å². The van der Waals surface area contributed by atoms with Gasteiger partial charge < -0.3 is 10.1 Å². The van der Waals surface area contributed by atoms with Gasteiger partial charge in [0.15, 0.2) is 0 Å². The Balaban J connectivity index is 1.61. The van der Waals surface area contributed by atoms with Crippen molar-refractivity contribution < 1.29 is 9.53 Å². The normalized spacial score (nSPS) is 22.6. The van der Waals surface area contributed by atoms with E-state index in [-0.39, 0.29) is 11.9 Å². The highest BCUT2D eigenvalue weighted by atomic mass is 16.5. The predicted molar refractivity (Wildman–Crippen MR) is 63.4 cm³/mol. The van der Waals surface area contributed by atoms with E-state index in [9.17, 15) is 4.79 Å². The van der Waals surface area contributed by atoms with Crippen molar-refractivity contribution in [3.05, 3.63) is 18.5 Å². The summed E-state index contributed by atoms with van der Waals surface area (Å²) < 4.78 is 4.70. The van der Waals surface area contributed by atoms with Crippen LogP contribution >= 0.6 is 0 Å². The quantitative estimate of drug-likeness (QED) is 0.783. The molecule has 1 N–H and O–H groups in total. The van der Waals surface area contributed by atoms with Crippen LogP contribution in [0.3, 0.4) is 0 Å². The molecule has 1 aliphatic carbocycles. The van der Waals surface area contributed by atoms with Gasteiger partial charge in [0.25, 0.3) is 0 Å². The monoisotopic (exact) mass is 235 g/mol. The SMILES string of the molecule is COC(=O)C1CC(CCNc2ncccn2)C1. The van der Waals surface area contributed by atoms with Crippen LogP contribution in [0.2, 0.25) is 0 Å². The minimum absolute atomic E-state index is 0.0689. The van der Waals surface area contributed by atoms with Crippen molar-refractivity contribution in [2.75, 3.05) is 19.0 Å². The molecule has 1 heterocycles. The summed E-state index contributed by atoms with van der Waals surface area (Å²) in [7, 11) is 1.45. The third kappa shape index (κ3) is 3.15. The summed E-state index contributed by atoms with van der Waals surface area (Å²) >= 11 is 0. The van der Waals surface area contributed by atoms with Crippen molar-refractivity contribution in [3.63, 3.8) is 0 Å². The maximum absolute atomic E-state index is 11.2. The van der Waals surface area contributed by atoms with Gasteiger partial charge in [0.2, 0.25) is 5.95 Å². The number of aromatic nitrogens is 2. The van der Waals surface area contributed by atoms with Gasteiger partial charge in [-0.3, -0.25) is 4.79 Å². The molecule has 0 unspecified atom stereocenters. The van der Waals surface area contributed by atoms with Crippen LogP contribution in [0.15, 0.2) is 18.5 Å². The molecule has 0 spiro atoms. The van der Waals surface area contributed by atoms with Crippen LogP contribution in [0.25, 0.3) is 0 Å². The average Bonchev–Trinajstić information content (AvgIpc) is 2.32. The number of carbonyl (C=O) groups is 1. The Bertz CT molecular complexity index is 363. The van der Waals surface area contributed by atoms with Crippen LogP contribution in [0.4, 0.5) is 5.95 Å². The summed E-state index contributed by atoms with van der Waals surface area (Å²) in [5.41, 5.74) is 0. The lowest BCUT2D eigenvalue weighted by Crippen LogP contribution is -2.32. The molecule has 0 radical (unpaired) electrons. The summed E-state index contributed by atoms with van der Waals surface area (Å²) in [6.07, 6.45) is 6.37. The van der Waals surface area contributed by atoms with E-state index >= 15 is 0 Å². The van der Waals surface area contributed by atoms with Gasteiger partial charge in [0.1, 0.15) is 0 Å². The zero-order valence-corrected chi connectivity index (χ0v) is 9.93. The second kappa shape index (κ2) is 5.61. The second-order valence-electron chi connectivity index (χ2n) is 4.35. The molecule has 92 valence electrons. The van der Waals surface area contributed by atoms with Crippen LogP contribution in [-0.2, 0) is 9.53 Å². The topological polar surface area (TPSA) is 64.1 Å². The van der Waals surface area contributed by atoms with Gasteiger partial charge in [0, 0.05) is 18.9 Å². The van der Waals surface area contributed by atoms with E-state index in [0.717, 1.165) is 25.8 Å². The molecule has 1 aromatic heterocycles. The maximum Gasteiger partial charge on any atom is 0.308 e. The number of methoxy groups -OCH3 is 1. The fraction of sp³-hybridized carbons (Fsp3) is 0.583. The third-order valence-corrected chi connectivity index (χ3v) is 3.17. The molecule has 1 fully saturated rings. The molecule has 1 aromatic rings. The molecule has 1 aliphatic rings. The summed E-state index contributed by atoms with van der Waals surface area (Å²) in [6.45, 7) is 0.850. The molecule has 0 aromatic carbocycles. The molecular weight excluding hydrogens is 218 g/mol. The molecule has 0 saturated heterocycles. The van der Waals surface area contributed by atoms with Gasteiger partial charge in [-0.15, -0.1) is 0 Å². The Morgan fingerprint density at radius 1 is 1.47 bits per heavy atom. The summed E-state index contributed by atoms with van der Waals surface area (Å²) in [5, 5.41) is 3.16. The first kappa shape index (κ1) is 11.8. The van der Waals surface area contributed by atoms with Crippen molar-refractivity contribution in [1.29, 1.82) is 0 Å². The lowest BCUT2D eigenvalue weighted by molar-refractivity contribution is -0.150. The Kier molecular flexibility index (Phi) is 3.90. The molecular formula is C12H17N3O2. The van der Waals surface area contributed by atoms with Gasteiger partial charge >= 0.3 is 5.97 Å². The van der Waals surface area contributed by atoms with Gasteiger partial charge in [-0.25, -0.2) is 9.97 Å². The first-order valence-electron chi connectivity index (χ1n) is 5.88. The molecule has 0 amide bonds. The Hall–Kier alpha value is -1.65. The first-order valence-corrected chi connectivity index (χ1v) is 5.88. The number of carbonyl (C=O) groups excluding carboxylic acids is 1. The fourth-order valence-corrected chi connectivity index (χ4v) is 2.11. The zero-order chi connectivity index (χ0) is 12.1. The molecule has 1 saturated carbocycles. The highest BCUT2D eigenvalue weighted by Crippen LogP contribution is 2.36. The largest absolute Gasteiger partial charge is 0.469 e. The molecule has 2 rings (SSSR count). The van der Waals surface area contributed by atoms with Crippen molar-refractivity contribution in [1.82, 2.24) is 9.97 Å². The van der Waals surface area contributed by atoms with Crippen molar-refractivity contribution in [2.24, 2.45) is 11.8 Å². The summed E-state index contributed by atoms with van der Waals surface area (Å²) in [4.78, 5) is 19.3. The number of hydrogen-bond acceptors (Lipinski definition) is 5. The number of rotatable bonds is 5. The van der Waals surface area contributed by atoms with Crippen molar-refractivity contribution >= 4 is 11.9 Å². The zero-order valence-electron chi connectivity index (χ0n) is 9.93. The summed E-state index contributed by atoms with van der Waals surface area (Å²) in [6, 6.07) is 1.79. The Morgan fingerprint density at radius 2 is 2.18 bits per heavy atom. The van der Waals surface area contributed by atoms with E-state index in [1.807, 2.05) is 0 Å². The number of nitrogens with one attached hydrogen (secondary N) is 1. The summed E-state index contributed by atoms with van der Waals surface area (Å²) in [5.74, 6) is 1.34. The molecule has 0 aliphatic heterocycles. The smallest absolute Gasteiger partial charge is 0.308 e.